The summed E-state index contributed by atoms with van der Waals surface area (Å²) in [5.41, 5.74) is 0. The van der Waals surface area contributed by atoms with Gasteiger partial charge < -0.3 is 9.84 Å². The molecular weight excluding hydrogens is 200 g/mol. The Bertz CT molecular complexity index is 354. The lowest BCUT2D eigenvalue weighted by molar-refractivity contribution is 0.0466. The molecule has 2 unspecified atom stereocenters. The SMILES string of the molecule is C=CC(O)C#CC#CC=CC1CCCCO1. The average molecular weight is 216 g/mol. The van der Waals surface area contributed by atoms with Crippen LogP contribution in [0.25, 0.3) is 0 Å². The van der Waals surface area contributed by atoms with E-state index >= 15 is 0 Å². The minimum Gasteiger partial charge on any atom is -0.377 e. The van der Waals surface area contributed by atoms with Crippen LogP contribution in [0, 0.1) is 23.7 Å². The summed E-state index contributed by atoms with van der Waals surface area (Å²) < 4.78 is 5.50. The van der Waals surface area contributed by atoms with Crippen molar-refractivity contribution >= 4 is 0 Å². The maximum atomic E-state index is 9.02. The lowest BCUT2D eigenvalue weighted by Gasteiger charge is -2.18. The fraction of sp³-hybridized carbons (Fsp3) is 0.429. The second-order valence-electron chi connectivity index (χ2n) is 3.48. The van der Waals surface area contributed by atoms with E-state index in [1.807, 2.05) is 6.08 Å². The molecule has 2 heteroatoms. The Labute approximate surface area is 97.0 Å². The average Bonchev–Trinajstić information content (AvgIpc) is 2.34. The van der Waals surface area contributed by atoms with Gasteiger partial charge >= 0.3 is 0 Å². The third-order valence-corrected chi connectivity index (χ3v) is 2.19. The fourth-order valence-electron chi connectivity index (χ4n) is 1.32. The standard InChI is InChI=1S/C14H16O2/c1-2-13(15)9-5-3-4-6-10-14-11-7-8-12-16-14/h2,6,10,13-15H,1,7-8,11-12H2. The number of hydrogen-bond acceptors (Lipinski definition) is 2. The Kier molecular flexibility index (Phi) is 6.11. The maximum Gasteiger partial charge on any atom is 0.134 e. The molecule has 0 saturated carbocycles. The minimum atomic E-state index is -0.792. The number of aliphatic hydroxyl groups is 1. The van der Waals surface area contributed by atoms with Crippen LogP contribution >= 0.6 is 0 Å². The normalized spacial score (nSPS) is 21.4. The molecule has 0 amide bonds. The van der Waals surface area contributed by atoms with Gasteiger partial charge in [0.1, 0.15) is 6.10 Å². The highest BCUT2D eigenvalue weighted by Gasteiger charge is 2.08. The Morgan fingerprint density at radius 3 is 2.94 bits per heavy atom. The van der Waals surface area contributed by atoms with E-state index < -0.39 is 6.10 Å². The fourth-order valence-corrected chi connectivity index (χ4v) is 1.32. The van der Waals surface area contributed by atoms with E-state index in [1.54, 1.807) is 6.08 Å². The van der Waals surface area contributed by atoms with Gasteiger partial charge in [0.25, 0.3) is 0 Å². The quantitative estimate of drug-likeness (QED) is 0.562. The zero-order valence-electron chi connectivity index (χ0n) is 9.28. The highest BCUT2D eigenvalue weighted by Crippen LogP contribution is 2.12. The molecule has 1 aliphatic rings. The van der Waals surface area contributed by atoms with Crippen molar-refractivity contribution in [3.05, 3.63) is 24.8 Å². The topological polar surface area (TPSA) is 29.5 Å². The maximum absolute atomic E-state index is 9.02. The van der Waals surface area contributed by atoms with E-state index in [0.717, 1.165) is 19.4 Å². The molecule has 0 aromatic heterocycles. The van der Waals surface area contributed by atoms with Gasteiger partial charge in [-0.25, -0.2) is 0 Å². The Morgan fingerprint density at radius 1 is 1.38 bits per heavy atom. The van der Waals surface area contributed by atoms with Crippen molar-refractivity contribution in [2.45, 2.75) is 31.5 Å². The van der Waals surface area contributed by atoms with Crippen LogP contribution in [0.3, 0.4) is 0 Å². The number of allylic oxidation sites excluding steroid dienone is 1. The molecule has 1 saturated heterocycles. The van der Waals surface area contributed by atoms with Crippen molar-refractivity contribution in [1.29, 1.82) is 0 Å². The van der Waals surface area contributed by atoms with Gasteiger partial charge in [-0.05, 0) is 43.3 Å². The van der Waals surface area contributed by atoms with Crippen molar-refractivity contribution in [3.63, 3.8) is 0 Å². The molecule has 1 rings (SSSR count). The van der Waals surface area contributed by atoms with Crippen LogP contribution in [0.4, 0.5) is 0 Å². The summed E-state index contributed by atoms with van der Waals surface area (Å²) in [7, 11) is 0. The molecule has 1 aliphatic heterocycles. The molecule has 1 N–H and O–H groups in total. The van der Waals surface area contributed by atoms with E-state index in [9.17, 15) is 0 Å². The number of ether oxygens (including phenoxy) is 1. The highest BCUT2D eigenvalue weighted by molar-refractivity contribution is 5.32. The third-order valence-electron chi connectivity index (χ3n) is 2.19. The van der Waals surface area contributed by atoms with Crippen LogP contribution in [0.1, 0.15) is 19.3 Å². The molecule has 0 spiro atoms. The van der Waals surface area contributed by atoms with Gasteiger partial charge in [-0.15, -0.1) is 0 Å². The van der Waals surface area contributed by atoms with E-state index in [-0.39, 0.29) is 6.10 Å². The predicted molar refractivity (Wildman–Crippen MR) is 64.5 cm³/mol. The summed E-state index contributed by atoms with van der Waals surface area (Å²) in [6.45, 7) is 4.25. The Morgan fingerprint density at radius 2 is 2.25 bits per heavy atom. The summed E-state index contributed by atoms with van der Waals surface area (Å²) >= 11 is 0. The van der Waals surface area contributed by atoms with Crippen LogP contribution in [0.2, 0.25) is 0 Å². The second-order valence-corrected chi connectivity index (χ2v) is 3.48. The van der Waals surface area contributed by atoms with Gasteiger partial charge in [-0.2, -0.15) is 0 Å². The van der Waals surface area contributed by atoms with E-state index in [4.69, 9.17) is 9.84 Å². The van der Waals surface area contributed by atoms with Crippen LogP contribution < -0.4 is 0 Å². The van der Waals surface area contributed by atoms with Crippen molar-refractivity contribution in [3.8, 4) is 23.7 Å². The van der Waals surface area contributed by atoms with Crippen molar-refractivity contribution in [1.82, 2.24) is 0 Å². The first-order chi connectivity index (χ1) is 7.83. The summed E-state index contributed by atoms with van der Waals surface area (Å²) in [5, 5.41) is 9.02. The predicted octanol–water partition coefficient (Wildman–Crippen LogP) is 1.67. The van der Waals surface area contributed by atoms with Gasteiger partial charge in [-0.1, -0.05) is 24.5 Å². The molecule has 0 bridgehead atoms. The first kappa shape index (κ1) is 12.6. The monoisotopic (exact) mass is 216 g/mol. The molecule has 0 aromatic carbocycles. The third kappa shape index (κ3) is 5.41. The van der Waals surface area contributed by atoms with E-state index in [0.29, 0.717) is 0 Å². The van der Waals surface area contributed by atoms with Crippen molar-refractivity contribution < 1.29 is 9.84 Å². The van der Waals surface area contributed by atoms with E-state index in [2.05, 4.69) is 30.3 Å². The smallest absolute Gasteiger partial charge is 0.134 e. The molecular formula is C14H16O2. The number of hydrogen-bond donors (Lipinski definition) is 1. The molecule has 0 radical (unpaired) electrons. The zero-order chi connectivity index (χ0) is 11.6. The molecule has 1 fully saturated rings. The molecule has 0 aliphatic carbocycles. The van der Waals surface area contributed by atoms with Gasteiger partial charge in [-0.3, -0.25) is 0 Å². The summed E-state index contributed by atoms with van der Waals surface area (Å²) in [5.74, 6) is 10.5. The molecule has 84 valence electrons. The first-order valence-corrected chi connectivity index (χ1v) is 5.43. The van der Waals surface area contributed by atoms with Crippen LogP contribution in [0.5, 0.6) is 0 Å². The van der Waals surface area contributed by atoms with Crippen LogP contribution in [-0.2, 0) is 4.74 Å². The molecule has 0 aromatic rings. The Hall–Kier alpha value is -1.48. The zero-order valence-corrected chi connectivity index (χ0v) is 9.28. The van der Waals surface area contributed by atoms with Crippen molar-refractivity contribution in [2.24, 2.45) is 0 Å². The van der Waals surface area contributed by atoms with Crippen LogP contribution in [-0.4, -0.2) is 23.9 Å². The highest BCUT2D eigenvalue weighted by atomic mass is 16.5. The van der Waals surface area contributed by atoms with Gasteiger partial charge in [0, 0.05) is 6.61 Å². The largest absolute Gasteiger partial charge is 0.377 e. The lowest BCUT2D eigenvalue weighted by atomic mass is 10.1. The van der Waals surface area contributed by atoms with Gasteiger partial charge in [0.2, 0.25) is 0 Å². The van der Waals surface area contributed by atoms with Gasteiger partial charge in [0.15, 0.2) is 0 Å². The minimum absolute atomic E-state index is 0.203. The lowest BCUT2D eigenvalue weighted by Crippen LogP contribution is -2.15. The molecule has 1 heterocycles. The molecule has 16 heavy (non-hydrogen) atoms. The van der Waals surface area contributed by atoms with Crippen LogP contribution in [0.15, 0.2) is 24.8 Å². The summed E-state index contributed by atoms with van der Waals surface area (Å²) in [4.78, 5) is 0. The summed E-state index contributed by atoms with van der Waals surface area (Å²) in [6.07, 6.45) is 7.92. The van der Waals surface area contributed by atoms with Gasteiger partial charge in [0.05, 0.1) is 6.10 Å². The summed E-state index contributed by atoms with van der Waals surface area (Å²) in [6, 6.07) is 0. The van der Waals surface area contributed by atoms with Crippen molar-refractivity contribution in [2.75, 3.05) is 6.61 Å². The molecule has 2 nitrogen and oxygen atoms in total. The number of rotatable bonds is 2. The number of aliphatic hydroxyl groups excluding tert-OH is 1. The first-order valence-electron chi connectivity index (χ1n) is 5.43. The second kappa shape index (κ2) is 7.77. The van der Waals surface area contributed by atoms with E-state index in [1.165, 1.54) is 12.5 Å². The Balaban J connectivity index is 2.31. The molecule has 2 atom stereocenters.